The van der Waals surface area contributed by atoms with Crippen molar-refractivity contribution in [2.75, 3.05) is 5.73 Å². The molecule has 0 radical (unpaired) electrons. The molecule has 4 nitrogen and oxygen atoms in total. The molecular formula is C7H13N3O. The third-order valence-electron chi connectivity index (χ3n) is 1.23. The molecule has 0 aromatic carbocycles. The molecule has 62 valence electrons. The van der Waals surface area contributed by atoms with Crippen molar-refractivity contribution < 1.29 is 4.42 Å². The van der Waals surface area contributed by atoms with E-state index in [1.807, 2.05) is 0 Å². The van der Waals surface area contributed by atoms with Crippen LogP contribution in [0.15, 0.2) is 10.6 Å². The van der Waals surface area contributed by atoms with Gasteiger partial charge in [0.15, 0.2) is 0 Å². The van der Waals surface area contributed by atoms with E-state index in [0.717, 1.165) is 0 Å². The van der Waals surface area contributed by atoms with Crippen molar-refractivity contribution in [2.24, 2.45) is 0 Å². The van der Waals surface area contributed by atoms with Crippen LogP contribution in [0.3, 0.4) is 0 Å². The van der Waals surface area contributed by atoms with E-state index in [4.69, 9.17) is 10.2 Å². The first-order valence-corrected chi connectivity index (χ1v) is 3.62. The molecule has 1 rings (SSSR count). The van der Waals surface area contributed by atoms with Gasteiger partial charge in [-0.2, -0.15) is 0 Å². The summed E-state index contributed by atoms with van der Waals surface area (Å²) >= 11 is 0. The zero-order valence-electron chi connectivity index (χ0n) is 6.79. The van der Waals surface area contributed by atoms with E-state index in [1.54, 1.807) is 0 Å². The summed E-state index contributed by atoms with van der Waals surface area (Å²) in [5, 5.41) is 3.16. The molecule has 1 heterocycles. The SMILES string of the molecule is CC(C)NCc1ncc(N)o1. The lowest BCUT2D eigenvalue weighted by atomic mass is 10.4. The molecule has 0 saturated heterocycles. The van der Waals surface area contributed by atoms with Gasteiger partial charge in [-0.3, -0.25) is 0 Å². The maximum atomic E-state index is 5.33. The van der Waals surface area contributed by atoms with Gasteiger partial charge < -0.3 is 15.5 Å². The van der Waals surface area contributed by atoms with Crippen LogP contribution in [0, 0.1) is 0 Å². The third-order valence-corrected chi connectivity index (χ3v) is 1.23. The largest absolute Gasteiger partial charge is 0.424 e. The van der Waals surface area contributed by atoms with Gasteiger partial charge in [0, 0.05) is 6.04 Å². The Morgan fingerprint density at radius 1 is 1.73 bits per heavy atom. The zero-order chi connectivity index (χ0) is 8.27. The van der Waals surface area contributed by atoms with Crippen molar-refractivity contribution in [2.45, 2.75) is 26.4 Å². The van der Waals surface area contributed by atoms with Crippen LogP contribution in [0.2, 0.25) is 0 Å². The summed E-state index contributed by atoms with van der Waals surface area (Å²) in [6, 6.07) is 0.433. The van der Waals surface area contributed by atoms with Crippen molar-refractivity contribution >= 4 is 5.88 Å². The number of nitrogen functional groups attached to an aromatic ring is 1. The summed E-state index contributed by atoms with van der Waals surface area (Å²) in [7, 11) is 0. The van der Waals surface area contributed by atoms with Crippen LogP contribution < -0.4 is 11.1 Å². The van der Waals surface area contributed by atoms with E-state index in [0.29, 0.717) is 24.4 Å². The first kappa shape index (κ1) is 8.07. The topological polar surface area (TPSA) is 64.1 Å². The average molecular weight is 155 g/mol. The maximum Gasteiger partial charge on any atom is 0.211 e. The van der Waals surface area contributed by atoms with Gasteiger partial charge in [-0.1, -0.05) is 13.8 Å². The Bertz CT molecular complexity index is 219. The number of nitrogens with zero attached hydrogens (tertiary/aromatic N) is 1. The molecule has 0 bridgehead atoms. The van der Waals surface area contributed by atoms with E-state index in [2.05, 4.69) is 24.1 Å². The highest BCUT2D eigenvalue weighted by atomic mass is 16.4. The van der Waals surface area contributed by atoms with E-state index in [1.165, 1.54) is 6.20 Å². The standard InChI is InChI=1S/C7H13N3O/c1-5(2)9-4-7-10-3-6(8)11-7/h3,5,9H,4,8H2,1-2H3. The Hall–Kier alpha value is -1.03. The van der Waals surface area contributed by atoms with Crippen molar-refractivity contribution in [3.8, 4) is 0 Å². The minimum Gasteiger partial charge on any atom is -0.424 e. The molecule has 0 fully saturated rings. The minimum absolute atomic E-state index is 0.366. The van der Waals surface area contributed by atoms with Crippen LogP contribution in [0.25, 0.3) is 0 Å². The van der Waals surface area contributed by atoms with E-state index in [-0.39, 0.29) is 0 Å². The summed E-state index contributed by atoms with van der Waals surface area (Å²) in [6.45, 7) is 4.76. The Kier molecular flexibility index (Phi) is 2.48. The van der Waals surface area contributed by atoms with Crippen LogP contribution in [0.4, 0.5) is 5.88 Å². The van der Waals surface area contributed by atoms with Crippen LogP contribution in [-0.2, 0) is 6.54 Å². The third kappa shape index (κ3) is 2.59. The number of nitrogens with two attached hydrogens (primary N) is 1. The van der Waals surface area contributed by atoms with Crippen LogP contribution >= 0.6 is 0 Å². The van der Waals surface area contributed by atoms with Gasteiger partial charge >= 0.3 is 0 Å². The first-order chi connectivity index (χ1) is 5.18. The quantitative estimate of drug-likeness (QED) is 0.676. The molecule has 0 atom stereocenters. The lowest BCUT2D eigenvalue weighted by Gasteiger charge is -2.03. The second-order valence-electron chi connectivity index (χ2n) is 2.69. The van der Waals surface area contributed by atoms with Crippen LogP contribution in [0.5, 0.6) is 0 Å². The normalized spacial score (nSPS) is 10.8. The Labute approximate surface area is 65.8 Å². The highest BCUT2D eigenvalue weighted by Gasteiger charge is 2.00. The van der Waals surface area contributed by atoms with Gasteiger partial charge in [-0.15, -0.1) is 0 Å². The van der Waals surface area contributed by atoms with Gasteiger partial charge in [0.2, 0.25) is 11.8 Å². The summed E-state index contributed by atoms with van der Waals surface area (Å²) in [5.41, 5.74) is 5.33. The van der Waals surface area contributed by atoms with Gasteiger partial charge in [-0.05, 0) is 0 Å². The van der Waals surface area contributed by atoms with Crippen molar-refractivity contribution in [3.05, 3.63) is 12.1 Å². The first-order valence-electron chi connectivity index (χ1n) is 3.62. The molecule has 3 N–H and O–H groups in total. The van der Waals surface area contributed by atoms with Crippen molar-refractivity contribution in [1.29, 1.82) is 0 Å². The van der Waals surface area contributed by atoms with E-state index < -0.39 is 0 Å². The number of anilines is 1. The highest BCUT2D eigenvalue weighted by molar-refractivity contribution is 5.17. The highest BCUT2D eigenvalue weighted by Crippen LogP contribution is 2.03. The number of rotatable bonds is 3. The summed E-state index contributed by atoms with van der Waals surface area (Å²) < 4.78 is 5.04. The van der Waals surface area contributed by atoms with E-state index >= 15 is 0 Å². The fourth-order valence-electron chi connectivity index (χ4n) is 0.698. The Morgan fingerprint density at radius 2 is 2.45 bits per heavy atom. The van der Waals surface area contributed by atoms with E-state index in [9.17, 15) is 0 Å². The lowest BCUT2D eigenvalue weighted by molar-refractivity contribution is 0.461. The summed E-state index contributed by atoms with van der Waals surface area (Å²) in [5.74, 6) is 1.00. The fourth-order valence-corrected chi connectivity index (χ4v) is 0.698. The number of oxazole rings is 1. The fraction of sp³-hybridized carbons (Fsp3) is 0.571. The minimum atomic E-state index is 0.366. The molecular weight excluding hydrogens is 142 g/mol. The molecule has 0 saturated carbocycles. The van der Waals surface area contributed by atoms with Gasteiger partial charge in [-0.25, -0.2) is 4.98 Å². The second-order valence-corrected chi connectivity index (χ2v) is 2.69. The average Bonchev–Trinajstić information content (AvgIpc) is 2.31. The van der Waals surface area contributed by atoms with Crippen molar-refractivity contribution in [3.63, 3.8) is 0 Å². The van der Waals surface area contributed by atoms with Crippen LogP contribution in [0.1, 0.15) is 19.7 Å². The summed E-state index contributed by atoms with van der Waals surface area (Å²) in [4.78, 5) is 3.93. The number of nitrogens with one attached hydrogen (secondary N) is 1. The predicted octanol–water partition coefficient (Wildman–Crippen LogP) is 0.755. The van der Waals surface area contributed by atoms with Gasteiger partial charge in [0.25, 0.3) is 0 Å². The van der Waals surface area contributed by atoms with Gasteiger partial charge in [0.05, 0.1) is 12.7 Å². The van der Waals surface area contributed by atoms with Gasteiger partial charge in [0.1, 0.15) is 0 Å². The molecule has 0 spiro atoms. The molecule has 11 heavy (non-hydrogen) atoms. The lowest BCUT2D eigenvalue weighted by Crippen LogP contribution is -2.21. The number of hydrogen-bond acceptors (Lipinski definition) is 4. The molecule has 0 unspecified atom stereocenters. The number of aromatic nitrogens is 1. The smallest absolute Gasteiger partial charge is 0.211 e. The van der Waals surface area contributed by atoms with Crippen LogP contribution in [-0.4, -0.2) is 11.0 Å². The molecule has 4 heteroatoms. The molecule has 0 aliphatic carbocycles. The summed E-state index contributed by atoms with van der Waals surface area (Å²) in [6.07, 6.45) is 1.51. The molecule has 0 aliphatic rings. The Morgan fingerprint density at radius 3 is 2.91 bits per heavy atom. The monoisotopic (exact) mass is 155 g/mol. The predicted molar refractivity (Wildman–Crippen MR) is 42.9 cm³/mol. The molecule has 0 amide bonds. The zero-order valence-corrected chi connectivity index (χ0v) is 6.79. The molecule has 1 aromatic rings. The molecule has 0 aliphatic heterocycles. The second kappa shape index (κ2) is 3.39. The Balaban J connectivity index is 2.39. The van der Waals surface area contributed by atoms with Crippen molar-refractivity contribution in [1.82, 2.24) is 10.3 Å². The molecule has 1 aromatic heterocycles. The number of hydrogen-bond donors (Lipinski definition) is 2. The maximum absolute atomic E-state index is 5.33.